The van der Waals surface area contributed by atoms with Crippen LogP contribution in [-0.4, -0.2) is 107 Å². The Kier molecular flexibility index (Phi) is 17.5. The number of carbonyl (C=O) groups is 4. The third kappa shape index (κ3) is 16.9. The van der Waals surface area contributed by atoms with Crippen molar-refractivity contribution in [2.75, 3.05) is 27.7 Å². The molecule has 0 heterocycles. The van der Waals surface area contributed by atoms with Gasteiger partial charge in [-0.2, -0.15) is 0 Å². The second kappa shape index (κ2) is 16.0. The van der Waals surface area contributed by atoms with Crippen molar-refractivity contribution in [1.29, 1.82) is 0 Å². The van der Waals surface area contributed by atoms with Crippen LogP contribution < -0.4 is 15.3 Å². The number of carboxylic acids is 3. The Morgan fingerprint density at radius 3 is 1.44 bits per heavy atom. The molecule has 0 aliphatic carbocycles. The van der Waals surface area contributed by atoms with Crippen LogP contribution in [0.4, 0.5) is 0 Å². The van der Waals surface area contributed by atoms with Gasteiger partial charge in [0, 0.05) is 18.8 Å². The number of likely N-dealkylation sites (N-methyl/N-ethyl adjacent to an activating group) is 1. The minimum absolute atomic E-state index is 0. The van der Waals surface area contributed by atoms with E-state index in [0.29, 0.717) is 17.4 Å². The van der Waals surface area contributed by atoms with Crippen molar-refractivity contribution < 1.29 is 83.6 Å². The van der Waals surface area contributed by atoms with E-state index in [4.69, 9.17) is 25.2 Å². The van der Waals surface area contributed by atoms with Crippen LogP contribution in [0, 0.1) is 5.92 Å². The van der Waals surface area contributed by atoms with Gasteiger partial charge in [-0.3, -0.25) is 4.79 Å². The summed E-state index contributed by atoms with van der Waals surface area (Å²) in [6.07, 6.45) is -10.3. The van der Waals surface area contributed by atoms with Crippen LogP contribution >= 0.6 is 0 Å². The van der Waals surface area contributed by atoms with Gasteiger partial charge >= 0.3 is 25.4 Å². The monoisotopic (exact) mass is 517 g/mol. The molecule has 0 aromatic carbocycles. The molecule has 32 heavy (non-hydrogen) atoms. The van der Waals surface area contributed by atoms with Gasteiger partial charge in [-0.05, 0) is 5.92 Å². The number of hydrogen-bond acceptors (Lipinski definition) is 12. The molecule has 13 nitrogen and oxygen atoms in total. The first-order valence-corrected chi connectivity index (χ1v) is 9.22. The molecule has 0 fully saturated rings. The molecule has 5 atom stereocenters. The zero-order valence-corrected chi connectivity index (χ0v) is 21.8. The number of ether oxygens (including phenoxy) is 1. The standard InChI is InChI=1S/C12H23NO4.C6H10O8.Zn/c1-9(2)6-12(16)17-10(7-11(14)15)8-13(3,4)5;7-1(3(9)5(11)12)2(8)4(10)6(13)14;/h9-10H,6-8H2,1-5H3;1-4,7-10H,(H,11,12)(H,13,14);/q;;+2/p-2/t10-;1-,2+,3+,4-;/m1../s1. The quantitative estimate of drug-likeness (QED) is 0.107. The molecule has 0 aliphatic heterocycles. The van der Waals surface area contributed by atoms with Gasteiger partial charge in [0.1, 0.15) is 31.0 Å². The van der Waals surface area contributed by atoms with Gasteiger partial charge in [0.2, 0.25) is 0 Å². The van der Waals surface area contributed by atoms with E-state index in [2.05, 4.69) is 0 Å². The van der Waals surface area contributed by atoms with Gasteiger partial charge in [-0.15, -0.1) is 0 Å². The number of aliphatic carboxylic acids is 3. The van der Waals surface area contributed by atoms with E-state index in [1.54, 1.807) is 0 Å². The summed E-state index contributed by atoms with van der Waals surface area (Å²) in [7, 11) is 5.75. The number of aliphatic hydroxyl groups is 4. The first kappa shape index (κ1) is 34.9. The van der Waals surface area contributed by atoms with Crippen LogP contribution in [0.5, 0.6) is 0 Å². The topological polar surface area (TPSA) is 228 Å². The third-order valence-corrected chi connectivity index (χ3v) is 3.50. The van der Waals surface area contributed by atoms with Crippen molar-refractivity contribution in [2.24, 2.45) is 5.92 Å². The van der Waals surface area contributed by atoms with Crippen LogP contribution in [-0.2, 0) is 43.4 Å². The van der Waals surface area contributed by atoms with Gasteiger partial charge < -0.3 is 59.3 Å². The summed E-state index contributed by atoms with van der Waals surface area (Å²) in [5.41, 5.74) is 0. The fourth-order valence-corrected chi connectivity index (χ4v) is 2.16. The molecule has 182 valence electrons. The molecular weight excluding hydrogens is 488 g/mol. The first-order chi connectivity index (χ1) is 13.9. The third-order valence-electron chi connectivity index (χ3n) is 3.50. The fourth-order valence-electron chi connectivity index (χ4n) is 2.16. The van der Waals surface area contributed by atoms with Crippen LogP contribution in [0.3, 0.4) is 0 Å². The maximum Gasteiger partial charge on any atom is 2.00 e. The van der Waals surface area contributed by atoms with Gasteiger partial charge in [-0.1, -0.05) is 13.8 Å². The zero-order chi connectivity index (χ0) is 25.1. The maximum atomic E-state index is 11.5. The molecule has 0 bridgehead atoms. The van der Waals surface area contributed by atoms with Crippen LogP contribution in [0.2, 0.25) is 0 Å². The number of quaternary nitrogens is 1. The average molecular weight is 519 g/mol. The van der Waals surface area contributed by atoms with Crippen molar-refractivity contribution >= 4 is 23.9 Å². The van der Waals surface area contributed by atoms with E-state index >= 15 is 0 Å². The number of esters is 1. The summed E-state index contributed by atoms with van der Waals surface area (Å²) in [5.74, 6) is -5.56. The van der Waals surface area contributed by atoms with E-state index in [9.17, 15) is 34.5 Å². The predicted octanol–water partition coefficient (Wildman–Crippen LogP) is -6.28. The Labute approximate surface area is 198 Å². The zero-order valence-electron chi connectivity index (χ0n) is 18.8. The van der Waals surface area contributed by atoms with Gasteiger partial charge in [-0.25, -0.2) is 0 Å². The van der Waals surface area contributed by atoms with Crippen molar-refractivity contribution in [1.82, 2.24) is 0 Å². The molecule has 0 aromatic rings. The molecule has 14 heteroatoms. The van der Waals surface area contributed by atoms with E-state index in [1.807, 2.05) is 35.0 Å². The van der Waals surface area contributed by atoms with Crippen LogP contribution in [0.15, 0.2) is 0 Å². The van der Waals surface area contributed by atoms with Crippen LogP contribution in [0.25, 0.3) is 0 Å². The Hall–Kier alpha value is -1.70. The minimum atomic E-state index is -2.50. The summed E-state index contributed by atoms with van der Waals surface area (Å²) < 4.78 is 5.71. The van der Waals surface area contributed by atoms with Gasteiger partial charge in [0.25, 0.3) is 0 Å². The number of aliphatic hydroxyl groups excluding tert-OH is 4. The second-order valence-corrected chi connectivity index (χ2v) is 8.27. The summed E-state index contributed by atoms with van der Waals surface area (Å²) >= 11 is 0. The summed E-state index contributed by atoms with van der Waals surface area (Å²) in [6.45, 7) is 4.28. The number of carbonyl (C=O) groups excluding carboxylic acids is 4. The number of nitrogens with zero attached hydrogens (tertiary/aromatic N) is 1. The van der Waals surface area contributed by atoms with Crippen molar-refractivity contribution in [3.63, 3.8) is 0 Å². The minimum Gasteiger partial charge on any atom is -0.550 e. The van der Waals surface area contributed by atoms with E-state index in [1.165, 1.54) is 0 Å². The molecule has 0 aliphatic rings. The van der Waals surface area contributed by atoms with E-state index in [0.717, 1.165) is 0 Å². The Morgan fingerprint density at radius 2 is 1.19 bits per heavy atom. The van der Waals surface area contributed by atoms with Gasteiger partial charge in [0.05, 0.1) is 33.1 Å². The molecule has 0 amide bonds. The molecule has 0 unspecified atom stereocenters. The van der Waals surface area contributed by atoms with E-state index < -0.39 is 48.4 Å². The van der Waals surface area contributed by atoms with Crippen molar-refractivity contribution in [2.45, 2.75) is 57.2 Å². The second-order valence-electron chi connectivity index (χ2n) is 8.27. The van der Waals surface area contributed by atoms with Crippen molar-refractivity contribution in [3.8, 4) is 0 Å². The Morgan fingerprint density at radius 1 is 0.812 bits per heavy atom. The SMILES string of the molecule is CC(C)CC(=O)O[C@H](CC(=O)[O-])C[N+](C)(C)C.O=C([O-])[C@@H](O)[C@H](O)[C@H](O)[C@@H](O)C(=O)[O-].[Zn+2]. The molecule has 0 saturated heterocycles. The fraction of sp³-hybridized carbons (Fsp3) is 0.778. The number of rotatable bonds is 12. The Bertz CT molecular complexity index is 583. The molecule has 0 saturated carbocycles. The van der Waals surface area contributed by atoms with Gasteiger partial charge in [0.15, 0.2) is 6.10 Å². The predicted molar refractivity (Wildman–Crippen MR) is 95.9 cm³/mol. The van der Waals surface area contributed by atoms with Crippen LogP contribution in [0.1, 0.15) is 26.7 Å². The summed E-state index contributed by atoms with van der Waals surface area (Å²) in [6, 6.07) is 0. The number of carboxylic acid groups (broad SMARTS) is 3. The summed E-state index contributed by atoms with van der Waals surface area (Å²) in [4.78, 5) is 42.0. The molecule has 4 N–H and O–H groups in total. The van der Waals surface area contributed by atoms with Crippen molar-refractivity contribution in [3.05, 3.63) is 0 Å². The summed E-state index contributed by atoms with van der Waals surface area (Å²) in [5, 5.41) is 65.3. The normalized spacial score (nSPS) is 15.7. The molecule has 0 spiro atoms. The maximum absolute atomic E-state index is 11.5. The van der Waals surface area contributed by atoms with E-state index in [-0.39, 0.29) is 37.8 Å². The smallest absolute Gasteiger partial charge is 0.550 e. The molecule has 0 rings (SSSR count). The largest absolute Gasteiger partial charge is 2.00 e. The molecule has 0 aromatic heterocycles. The molecular formula is C18H31NO12Zn. The Balaban J connectivity index is -0.000000519. The number of hydrogen-bond donors (Lipinski definition) is 4. The average Bonchev–Trinajstić information content (AvgIpc) is 2.56. The molecule has 0 radical (unpaired) electrons. The first-order valence-electron chi connectivity index (χ1n) is 9.22.